The van der Waals surface area contributed by atoms with Crippen LogP contribution >= 0.6 is 0 Å². The SMILES string of the molecule is CC(C)[C@H](NC(=O)CNC(=O)[C@@H](N)CCC(=O)O)C(=O)N[C@@H](CC(N)=O)C(=O)N[C@@H](CC(=O)O)C(=O)N[C@@H](CC(N)=O)C(=O)N[C@@H](CCC(=O)O)C(=O)N[C@@H](CCC(=O)O)C(=O)NCC(=O)N[C@@H](Cc1ccccc1)C(=O)N[C@@H](Cc1ccccc1)C(=O)N[C@@H](CO)C(=O)N[C@@H](C)C(=O)N[C@@H](CCCNC(=N)N)C(N)=O. The van der Waals surface area contributed by atoms with Gasteiger partial charge in [0.15, 0.2) is 5.96 Å². The van der Waals surface area contributed by atoms with Crippen LogP contribution in [0.4, 0.5) is 0 Å². The highest BCUT2D eigenvalue weighted by Crippen LogP contribution is 2.12. The van der Waals surface area contributed by atoms with E-state index >= 15 is 0 Å². The number of rotatable bonds is 52. The van der Waals surface area contributed by atoms with Crippen molar-refractivity contribution in [3.63, 3.8) is 0 Å². The van der Waals surface area contributed by atoms with Gasteiger partial charge in [0.1, 0.15) is 66.5 Å². The Labute approximate surface area is 632 Å². The van der Waals surface area contributed by atoms with E-state index in [1.54, 1.807) is 60.7 Å². The summed E-state index contributed by atoms with van der Waals surface area (Å²) in [6.45, 7) is 1.31. The largest absolute Gasteiger partial charge is 0.481 e. The van der Waals surface area contributed by atoms with Gasteiger partial charge in [0.05, 0.1) is 45.0 Å². The number of amides is 16. The van der Waals surface area contributed by atoms with Crippen LogP contribution in [0.1, 0.15) is 103 Å². The van der Waals surface area contributed by atoms with Gasteiger partial charge in [-0.2, -0.15) is 0 Å². The van der Waals surface area contributed by atoms with Gasteiger partial charge < -0.3 is 129 Å². The molecule has 610 valence electrons. The van der Waals surface area contributed by atoms with E-state index in [2.05, 4.69) is 63.8 Å². The minimum Gasteiger partial charge on any atom is -0.481 e. The smallest absolute Gasteiger partial charge is 0.305 e. The third-order valence-corrected chi connectivity index (χ3v) is 15.8. The number of guanidine groups is 1. The standard InChI is InChI=1S/C66H96N20O25/c1-31(2)53(86-48(91)29-74-56(102)35(67)16-19-49(92)93)65(111)84-42(26-46(69)89)62(108)83-43(27-52(98)99)63(109)82-41(25-45(68)88)61(107)80-38(18-21-51(96)97)58(104)79-37(17-20-50(94)95)57(103)75-28-47(90)77-39(23-33-11-6-4-7-12-33)59(105)81-40(24-34-13-8-5-9-14-34)60(106)85-44(30-87)64(110)76-32(3)55(101)78-36(54(70)100)15-10-22-73-66(71)72/h4-9,11-14,31-32,35-44,53,87H,10,15-30,67H2,1-3H3,(H2,68,88)(H2,69,89)(H2,70,100)(H,74,102)(H,75,103)(H,76,110)(H,77,90)(H,78,101)(H,79,104)(H,80,107)(H,81,105)(H,82,109)(H,83,108)(H,84,111)(H,85,106)(H,86,91)(H,92,93)(H,94,95)(H,96,97)(H,98,99)(H4,71,72,73)/t32-,35-,36-,37-,38-,39-,40-,41-,42-,43-,44-,53-/m0/s1. The van der Waals surface area contributed by atoms with E-state index in [1.165, 1.54) is 20.8 Å². The lowest BCUT2D eigenvalue weighted by Crippen LogP contribution is -2.61. The molecule has 0 aliphatic rings. The number of hydrogen-bond donors (Lipinski definition) is 25. The highest BCUT2D eigenvalue weighted by molar-refractivity contribution is 6.02. The summed E-state index contributed by atoms with van der Waals surface area (Å²) in [7, 11) is 0. The number of hydrogen-bond acceptors (Lipinski definition) is 23. The zero-order chi connectivity index (χ0) is 83.8. The van der Waals surface area contributed by atoms with Crippen molar-refractivity contribution in [3.05, 3.63) is 71.8 Å². The second-order valence-corrected chi connectivity index (χ2v) is 25.4. The van der Waals surface area contributed by atoms with E-state index in [0.717, 1.165) is 0 Å². The summed E-state index contributed by atoms with van der Waals surface area (Å²) in [4.78, 5) is 261. The third-order valence-electron chi connectivity index (χ3n) is 15.8. The minimum atomic E-state index is -2.29. The van der Waals surface area contributed by atoms with Crippen molar-refractivity contribution in [3.8, 4) is 0 Å². The number of aliphatic carboxylic acids is 4. The van der Waals surface area contributed by atoms with Crippen molar-refractivity contribution in [1.82, 2.24) is 74.4 Å². The summed E-state index contributed by atoms with van der Waals surface area (Å²) < 4.78 is 0. The Morgan fingerprint density at radius 3 is 1.18 bits per heavy atom. The fourth-order valence-electron chi connectivity index (χ4n) is 9.98. The maximum absolute atomic E-state index is 14.4. The quantitative estimate of drug-likeness (QED) is 0.0166. The van der Waals surface area contributed by atoms with Gasteiger partial charge in [-0.25, -0.2) is 0 Å². The molecule has 12 atom stereocenters. The molecule has 0 heterocycles. The number of carboxylic acids is 4. The Bertz CT molecular complexity index is 3680. The van der Waals surface area contributed by atoms with Crippen molar-refractivity contribution in [2.45, 2.75) is 177 Å². The molecule has 0 saturated heterocycles. The number of nitrogens with two attached hydrogens (primary N) is 5. The second-order valence-electron chi connectivity index (χ2n) is 25.4. The molecule has 0 spiro atoms. The van der Waals surface area contributed by atoms with Crippen LogP contribution in [0.25, 0.3) is 0 Å². The molecule has 45 nitrogen and oxygen atoms in total. The lowest BCUT2D eigenvalue weighted by atomic mass is 10.0. The normalized spacial score (nSPS) is 14.0. The molecule has 45 heteroatoms. The van der Waals surface area contributed by atoms with Crippen LogP contribution in [0.15, 0.2) is 60.7 Å². The Balaban J connectivity index is 2.43. The van der Waals surface area contributed by atoms with Gasteiger partial charge in [-0.15, -0.1) is 0 Å². The molecule has 2 aromatic carbocycles. The first-order valence-corrected chi connectivity index (χ1v) is 34.2. The van der Waals surface area contributed by atoms with Crippen molar-refractivity contribution < 1.29 is 121 Å². The maximum atomic E-state index is 14.4. The molecule has 2 aromatic rings. The van der Waals surface area contributed by atoms with Crippen LogP contribution < -0.4 is 103 Å². The average Bonchev–Trinajstić information content (AvgIpc) is 0.856. The molecule has 0 saturated carbocycles. The highest BCUT2D eigenvalue weighted by Gasteiger charge is 2.38. The molecule has 111 heavy (non-hydrogen) atoms. The molecule has 0 unspecified atom stereocenters. The number of benzene rings is 2. The van der Waals surface area contributed by atoms with Crippen molar-refractivity contribution in [2.24, 2.45) is 34.6 Å². The second kappa shape index (κ2) is 48.4. The van der Waals surface area contributed by atoms with Gasteiger partial charge in [-0.3, -0.25) is 101 Å². The van der Waals surface area contributed by atoms with Crippen LogP contribution in [-0.2, 0) is 109 Å². The molecule has 0 radical (unpaired) electrons. The van der Waals surface area contributed by atoms with Crippen molar-refractivity contribution in [1.29, 1.82) is 5.41 Å². The molecular formula is C66H96N20O25. The molecule has 2 rings (SSSR count). The lowest BCUT2D eigenvalue weighted by molar-refractivity contribution is -0.142. The fraction of sp³-hybridized carbons (Fsp3) is 0.500. The molecular weight excluding hydrogens is 1470 g/mol. The average molecular weight is 1570 g/mol. The summed E-state index contributed by atoms with van der Waals surface area (Å²) in [5, 5.41) is 86.9. The van der Waals surface area contributed by atoms with E-state index in [-0.39, 0.29) is 44.6 Å². The van der Waals surface area contributed by atoms with E-state index in [0.29, 0.717) is 11.1 Å². The number of carboxylic acid groups (broad SMARTS) is 4. The van der Waals surface area contributed by atoms with Crippen molar-refractivity contribution >= 4 is 124 Å². The van der Waals surface area contributed by atoms with E-state index in [4.69, 9.17) is 39.2 Å². The Hall–Kier alpha value is -13.0. The van der Waals surface area contributed by atoms with Gasteiger partial charge in [-0.1, -0.05) is 74.5 Å². The first-order valence-electron chi connectivity index (χ1n) is 34.2. The summed E-state index contributed by atoms with van der Waals surface area (Å²) in [5.41, 5.74) is 28.0. The van der Waals surface area contributed by atoms with Gasteiger partial charge in [0.25, 0.3) is 0 Å². The Morgan fingerprint density at radius 2 is 0.748 bits per heavy atom. The van der Waals surface area contributed by atoms with Crippen LogP contribution in [0, 0.1) is 11.3 Å². The summed E-state index contributed by atoms with van der Waals surface area (Å²) in [6.07, 6.45) is -8.19. The van der Waals surface area contributed by atoms with Gasteiger partial charge in [0.2, 0.25) is 94.5 Å². The van der Waals surface area contributed by atoms with Crippen LogP contribution in [0.5, 0.6) is 0 Å². The number of carbonyl (C=O) groups excluding carboxylic acids is 16. The predicted molar refractivity (Wildman–Crippen MR) is 382 cm³/mol. The molecule has 30 N–H and O–H groups in total. The highest BCUT2D eigenvalue weighted by atomic mass is 16.4. The van der Waals surface area contributed by atoms with Crippen LogP contribution in [-0.4, -0.2) is 249 Å². The van der Waals surface area contributed by atoms with Gasteiger partial charge >= 0.3 is 23.9 Å². The maximum Gasteiger partial charge on any atom is 0.305 e. The topological polar surface area (TPSA) is 765 Å². The van der Waals surface area contributed by atoms with Gasteiger partial charge in [-0.05, 0) is 56.1 Å². The summed E-state index contributed by atoms with van der Waals surface area (Å²) in [5.74, 6) is -26.6. The van der Waals surface area contributed by atoms with Gasteiger partial charge in [0, 0.05) is 38.6 Å². The predicted octanol–water partition coefficient (Wildman–Crippen LogP) is -10.4. The summed E-state index contributed by atoms with van der Waals surface area (Å²) in [6, 6.07) is -5.20. The number of nitrogens with one attached hydrogen (secondary N) is 15. The Morgan fingerprint density at radius 1 is 0.378 bits per heavy atom. The zero-order valence-corrected chi connectivity index (χ0v) is 60.6. The lowest BCUT2D eigenvalue weighted by Gasteiger charge is -2.27. The molecule has 0 fully saturated rings. The zero-order valence-electron chi connectivity index (χ0n) is 60.6. The van der Waals surface area contributed by atoms with E-state index in [9.17, 15) is 116 Å². The van der Waals surface area contributed by atoms with Crippen LogP contribution in [0.2, 0.25) is 0 Å². The Kier molecular flexibility index (Phi) is 41.0. The first-order chi connectivity index (χ1) is 52.1. The number of aliphatic hydroxyl groups is 1. The molecule has 16 amide bonds. The van der Waals surface area contributed by atoms with Crippen molar-refractivity contribution in [2.75, 3.05) is 26.2 Å². The molecule has 0 aliphatic carbocycles. The fourth-order valence-corrected chi connectivity index (χ4v) is 9.98. The first kappa shape index (κ1) is 94.1. The number of aliphatic hydroxyl groups excluding tert-OH is 1. The summed E-state index contributed by atoms with van der Waals surface area (Å²) >= 11 is 0. The number of primary amides is 3. The van der Waals surface area contributed by atoms with Crippen LogP contribution in [0.3, 0.4) is 0 Å². The van der Waals surface area contributed by atoms with E-state index in [1.807, 2.05) is 10.6 Å². The molecule has 0 aromatic heterocycles. The molecule has 0 aliphatic heterocycles. The molecule has 0 bridgehead atoms. The monoisotopic (exact) mass is 1570 g/mol. The third kappa shape index (κ3) is 37.4. The van der Waals surface area contributed by atoms with E-state index < -0.39 is 268 Å². The number of carbonyl (C=O) groups is 20. The minimum absolute atomic E-state index is 0.00766.